The molecule has 0 aliphatic carbocycles. The third-order valence-electron chi connectivity index (χ3n) is 1.93. The molecule has 0 amide bonds. The van der Waals surface area contributed by atoms with Crippen LogP contribution in [0.25, 0.3) is 5.52 Å². The summed E-state index contributed by atoms with van der Waals surface area (Å²) < 4.78 is 24.2. The molecule has 0 unspecified atom stereocenters. The van der Waals surface area contributed by atoms with Crippen LogP contribution in [-0.4, -0.2) is 20.7 Å². The molecule has 2 aromatic rings. The maximum atomic E-state index is 11.1. The van der Waals surface area contributed by atoms with Gasteiger partial charge in [0.15, 0.2) is 0 Å². The number of hydrogen-bond donors (Lipinski definition) is 1. The number of aromatic carboxylic acids is 1. The second kappa shape index (κ2) is 2.83. The standard InChI is InChI=1S/C10H10N2O2/c1-6-3-4-12-8(5-6)9(10(13)14)7(2)11-12/h3-5H,1-2H3,(H,13,14)/i3D,4D,5D. The molecule has 0 fully saturated rings. The largest absolute Gasteiger partial charge is 0.478 e. The van der Waals surface area contributed by atoms with Gasteiger partial charge in [-0.15, -0.1) is 0 Å². The van der Waals surface area contributed by atoms with E-state index in [1.165, 1.54) is 13.8 Å². The van der Waals surface area contributed by atoms with Gasteiger partial charge in [-0.25, -0.2) is 9.31 Å². The maximum Gasteiger partial charge on any atom is 0.339 e. The molecule has 0 atom stereocenters. The van der Waals surface area contributed by atoms with Gasteiger partial charge < -0.3 is 5.11 Å². The van der Waals surface area contributed by atoms with Crippen molar-refractivity contribution in [1.82, 2.24) is 9.61 Å². The van der Waals surface area contributed by atoms with Gasteiger partial charge in [-0.3, -0.25) is 0 Å². The number of fused-ring (bicyclic) bond motifs is 1. The fraction of sp³-hybridized carbons (Fsp3) is 0.200. The number of aryl methyl sites for hydroxylation is 1. The summed E-state index contributed by atoms with van der Waals surface area (Å²) in [6.07, 6.45) is -0.205. The Balaban J connectivity index is 3.07. The Kier molecular flexibility index (Phi) is 1.17. The van der Waals surface area contributed by atoms with Crippen molar-refractivity contribution in [2.24, 2.45) is 0 Å². The Bertz CT molecular complexity index is 649. The lowest BCUT2D eigenvalue weighted by Crippen LogP contribution is -1.97. The number of carboxylic acids is 1. The molecule has 2 rings (SSSR count). The molecule has 0 spiro atoms. The van der Waals surface area contributed by atoms with Gasteiger partial charge in [0, 0.05) is 6.17 Å². The molecule has 4 heteroatoms. The van der Waals surface area contributed by atoms with Gasteiger partial charge in [-0.05, 0) is 31.5 Å². The van der Waals surface area contributed by atoms with Crippen LogP contribution >= 0.6 is 0 Å². The fourth-order valence-electron chi connectivity index (χ4n) is 1.33. The van der Waals surface area contributed by atoms with Crippen LogP contribution in [0.2, 0.25) is 0 Å². The summed E-state index contributed by atoms with van der Waals surface area (Å²) in [4.78, 5) is 11.1. The first-order valence-electron chi connectivity index (χ1n) is 5.55. The van der Waals surface area contributed by atoms with Crippen molar-refractivity contribution in [2.45, 2.75) is 13.8 Å². The first-order chi connectivity index (χ1) is 7.86. The summed E-state index contributed by atoms with van der Waals surface area (Å²) in [5.41, 5.74) is 0.523. The van der Waals surface area contributed by atoms with Crippen LogP contribution in [0.15, 0.2) is 18.3 Å². The summed E-state index contributed by atoms with van der Waals surface area (Å²) in [5.74, 6) is -1.18. The van der Waals surface area contributed by atoms with E-state index in [9.17, 15) is 4.79 Å². The van der Waals surface area contributed by atoms with Gasteiger partial charge in [-0.1, -0.05) is 0 Å². The van der Waals surface area contributed by atoms with Crippen molar-refractivity contribution >= 4 is 11.5 Å². The van der Waals surface area contributed by atoms with Gasteiger partial charge in [0.05, 0.1) is 15.3 Å². The topological polar surface area (TPSA) is 54.6 Å². The van der Waals surface area contributed by atoms with E-state index >= 15 is 0 Å². The van der Waals surface area contributed by atoms with Crippen molar-refractivity contribution in [1.29, 1.82) is 0 Å². The number of rotatable bonds is 1. The smallest absolute Gasteiger partial charge is 0.339 e. The minimum atomic E-state index is -1.18. The van der Waals surface area contributed by atoms with Crippen LogP contribution in [0.3, 0.4) is 0 Å². The normalized spacial score (nSPS) is 13.7. The van der Waals surface area contributed by atoms with Crippen LogP contribution in [-0.2, 0) is 0 Å². The summed E-state index contributed by atoms with van der Waals surface area (Å²) in [5, 5.41) is 13.0. The third kappa shape index (κ3) is 1.16. The molecule has 2 aromatic heterocycles. The molecule has 0 bridgehead atoms. The average molecular weight is 193 g/mol. The molecule has 0 aliphatic rings. The van der Waals surface area contributed by atoms with Gasteiger partial charge in [0.2, 0.25) is 0 Å². The first-order valence-corrected chi connectivity index (χ1v) is 4.05. The molecular weight excluding hydrogens is 180 g/mol. The minimum Gasteiger partial charge on any atom is -0.478 e. The monoisotopic (exact) mass is 193 g/mol. The Morgan fingerprint density at radius 2 is 2.36 bits per heavy atom. The number of aromatic nitrogens is 2. The molecule has 14 heavy (non-hydrogen) atoms. The Morgan fingerprint density at radius 1 is 1.64 bits per heavy atom. The lowest BCUT2D eigenvalue weighted by Gasteiger charge is -1.95. The van der Waals surface area contributed by atoms with Crippen LogP contribution < -0.4 is 0 Å². The van der Waals surface area contributed by atoms with E-state index in [1.807, 2.05) is 0 Å². The molecule has 0 saturated heterocycles. The first kappa shape index (κ1) is 5.80. The van der Waals surface area contributed by atoms with E-state index < -0.39 is 5.97 Å². The molecular formula is C10H10N2O2. The Labute approximate surface area is 85.0 Å². The quantitative estimate of drug-likeness (QED) is 0.749. The SMILES string of the molecule is [2H]c1c(C)c([2H])c2c(C(=O)O)c(C)nn2c1[2H]. The highest BCUT2D eigenvalue weighted by Crippen LogP contribution is 2.16. The van der Waals surface area contributed by atoms with Gasteiger partial charge in [-0.2, -0.15) is 5.10 Å². The zero-order valence-electron chi connectivity index (χ0n) is 10.7. The molecule has 0 aromatic carbocycles. The van der Waals surface area contributed by atoms with Crippen LogP contribution in [0, 0.1) is 13.8 Å². The highest BCUT2D eigenvalue weighted by Gasteiger charge is 2.15. The summed E-state index contributed by atoms with van der Waals surface area (Å²) in [6, 6.07) is -0.175. The highest BCUT2D eigenvalue weighted by molar-refractivity contribution is 5.96. The van der Waals surface area contributed by atoms with Gasteiger partial charge in [0.1, 0.15) is 5.56 Å². The molecule has 4 nitrogen and oxygen atoms in total. The lowest BCUT2D eigenvalue weighted by atomic mass is 10.2. The molecule has 0 saturated carbocycles. The summed E-state index contributed by atoms with van der Waals surface area (Å²) >= 11 is 0. The van der Waals surface area contributed by atoms with Crippen molar-refractivity contribution in [3.05, 3.63) is 35.1 Å². The van der Waals surface area contributed by atoms with Crippen LogP contribution in [0.5, 0.6) is 0 Å². The van der Waals surface area contributed by atoms with Gasteiger partial charge >= 0.3 is 5.97 Å². The Morgan fingerprint density at radius 3 is 3.00 bits per heavy atom. The van der Waals surface area contributed by atoms with E-state index in [2.05, 4.69) is 5.10 Å². The lowest BCUT2D eigenvalue weighted by molar-refractivity contribution is 0.0698. The zero-order valence-corrected chi connectivity index (χ0v) is 7.75. The van der Waals surface area contributed by atoms with Crippen LogP contribution in [0.1, 0.15) is 25.7 Å². The third-order valence-corrected chi connectivity index (χ3v) is 1.93. The average Bonchev–Trinajstić information content (AvgIpc) is 2.61. The zero-order chi connectivity index (χ0) is 12.9. The van der Waals surface area contributed by atoms with Gasteiger partial charge in [0.25, 0.3) is 0 Å². The van der Waals surface area contributed by atoms with Crippen molar-refractivity contribution in [2.75, 3.05) is 0 Å². The van der Waals surface area contributed by atoms with Crippen LogP contribution in [0.4, 0.5) is 0 Å². The van der Waals surface area contributed by atoms with E-state index in [1.54, 1.807) is 0 Å². The second-order valence-electron chi connectivity index (χ2n) is 3.01. The summed E-state index contributed by atoms with van der Waals surface area (Å²) in [6.45, 7) is 3.03. The maximum absolute atomic E-state index is 11.1. The number of carbonyl (C=O) groups is 1. The van der Waals surface area contributed by atoms with Crippen molar-refractivity contribution < 1.29 is 14.0 Å². The summed E-state index contributed by atoms with van der Waals surface area (Å²) in [7, 11) is 0. The number of pyridine rings is 1. The number of carboxylic acid groups (broad SMARTS) is 1. The highest BCUT2D eigenvalue weighted by atomic mass is 16.4. The van der Waals surface area contributed by atoms with E-state index in [4.69, 9.17) is 9.22 Å². The number of nitrogens with zero attached hydrogens (tertiary/aromatic N) is 2. The van der Waals surface area contributed by atoms with E-state index in [0.717, 1.165) is 4.52 Å². The minimum absolute atomic E-state index is 0.0657. The number of hydrogen-bond acceptors (Lipinski definition) is 2. The molecule has 2 heterocycles. The second-order valence-corrected chi connectivity index (χ2v) is 3.01. The van der Waals surface area contributed by atoms with E-state index in [0.29, 0.717) is 0 Å². The molecule has 72 valence electrons. The van der Waals surface area contributed by atoms with Crippen molar-refractivity contribution in [3.8, 4) is 0 Å². The van der Waals surface area contributed by atoms with E-state index in [-0.39, 0.29) is 40.6 Å². The fourth-order valence-corrected chi connectivity index (χ4v) is 1.33. The predicted molar refractivity (Wildman–Crippen MR) is 51.6 cm³/mol. The molecule has 0 radical (unpaired) electrons. The predicted octanol–water partition coefficient (Wildman–Crippen LogP) is 1.65. The molecule has 1 N–H and O–H groups in total. The van der Waals surface area contributed by atoms with Crippen molar-refractivity contribution in [3.63, 3.8) is 0 Å². The Hall–Kier alpha value is -1.84. The molecule has 0 aliphatic heterocycles.